The monoisotopic (exact) mass is 468 g/mol. The van der Waals surface area contributed by atoms with Crippen molar-refractivity contribution in [2.45, 2.75) is 70.3 Å². The van der Waals surface area contributed by atoms with E-state index in [1.54, 1.807) is 23.8 Å². The van der Waals surface area contributed by atoms with Gasteiger partial charge in [-0.05, 0) is 55.0 Å². The van der Waals surface area contributed by atoms with Crippen molar-refractivity contribution in [2.75, 3.05) is 12.9 Å². The molecule has 0 heterocycles. The number of ether oxygens (including phenoxy) is 1. The van der Waals surface area contributed by atoms with Gasteiger partial charge in [-0.3, -0.25) is 9.59 Å². The van der Waals surface area contributed by atoms with Crippen molar-refractivity contribution in [1.82, 2.24) is 10.2 Å². The first-order valence-electron chi connectivity index (χ1n) is 11.9. The average Bonchev–Trinajstić information content (AvgIpc) is 3.33. The van der Waals surface area contributed by atoms with Crippen LogP contribution < -0.4 is 10.1 Å². The van der Waals surface area contributed by atoms with Crippen molar-refractivity contribution in [1.29, 1.82) is 0 Å². The van der Waals surface area contributed by atoms with E-state index in [9.17, 15) is 9.59 Å². The molecule has 1 saturated carbocycles. The highest BCUT2D eigenvalue weighted by atomic mass is 32.2. The third kappa shape index (κ3) is 7.26. The summed E-state index contributed by atoms with van der Waals surface area (Å²) in [6.07, 6.45) is 4.95. The minimum atomic E-state index is -0.483. The topological polar surface area (TPSA) is 58.6 Å². The maximum absolute atomic E-state index is 13.4. The van der Waals surface area contributed by atoms with Crippen LogP contribution in [0.25, 0.3) is 0 Å². The molecule has 5 nitrogen and oxygen atoms in total. The summed E-state index contributed by atoms with van der Waals surface area (Å²) in [7, 11) is 1.63. The van der Waals surface area contributed by atoms with Crippen LogP contribution in [0.3, 0.4) is 0 Å². The molecule has 0 saturated heterocycles. The van der Waals surface area contributed by atoms with E-state index in [0.717, 1.165) is 42.7 Å². The van der Waals surface area contributed by atoms with Gasteiger partial charge in [-0.2, -0.15) is 0 Å². The highest BCUT2D eigenvalue weighted by Gasteiger charge is 2.30. The van der Waals surface area contributed by atoms with Crippen LogP contribution >= 0.6 is 11.8 Å². The molecular weight excluding hydrogens is 432 g/mol. The maximum atomic E-state index is 13.4. The van der Waals surface area contributed by atoms with Gasteiger partial charge < -0.3 is 15.0 Å². The first-order valence-corrected chi connectivity index (χ1v) is 13.0. The van der Waals surface area contributed by atoms with Crippen molar-refractivity contribution in [2.24, 2.45) is 0 Å². The number of carbonyl (C=O) groups excluding carboxylic acids is 2. The molecule has 2 amide bonds. The number of amides is 2. The van der Waals surface area contributed by atoms with Crippen LogP contribution in [0.2, 0.25) is 0 Å². The van der Waals surface area contributed by atoms with Gasteiger partial charge >= 0.3 is 0 Å². The van der Waals surface area contributed by atoms with Gasteiger partial charge in [0.15, 0.2) is 0 Å². The van der Waals surface area contributed by atoms with Gasteiger partial charge in [-0.15, -0.1) is 11.8 Å². The van der Waals surface area contributed by atoms with Crippen molar-refractivity contribution in [3.05, 3.63) is 65.2 Å². The van der Waals surface area contributed by atoms with Crippen LogP contribution in [-0.4, -0.2) is 41.7 Å². The molecule has 6 heteroatoms. The summed E-state index contributed by atoms with van der Waals surface area (Å²) in [5.41, 5.74) is 3.42. The first kappa shape index (κ1) is 25.2. The molecule has 0 spiro atoms. The lowest BCUT2D eigenvalue weighted by Gasteiger charge is -2.31. The molecule has 1 N–H and O–H groups in total. The number of benzene rings is 2. The van der Waals surface area contributed by atoms with Gasteiger partial charge in [-0.1, -0.05) is 56.2 Å². The van der Waals surface area contributed by atoms with E-state index >= 15 is 0 Å². The Morgan fingerprint density at radius 2 is 1.91 bits per heavy atom. The summed E-state index contributed by atoms with van der Waals surface area (Å²) in [6, 6.07) is 15.7. The average molecular weight is 469 g/mol. The fourth-order valence-electron chi connectivity index (χ4n) is 4.36. The smallest absolute Gasteiger partial charge is 0.243 e. The lowest BCUT2D eigenvalue weighted by molar-refractivity contribution is -0.139. The van der Waals surface area contributed by atoms with E-state index in [1.165, 1.54) is 11.1 Å². The molecule has 3 rings (SSSR count). The van der Waals surface area contributed by atoms with Gasteiger partial charge in [-0.25, -0.2) is 0 Å². The zero-order valence-corrected chi connectivity index (χ0v) is 20.8. The molecule has 2 aromatic carbocycles. The number of aryl methyl sites for hydroxylation is 1. The molecule has 0 aliphatic heterocycles. The summed E-state index contributed by atoms with van der Waals surface area (Å²) in [5.74, 6) is 1.81. The lowest BCUT2D eigenvalue weighted by Crippen LogP contribution is -2.51. The molecule has 33 heavy (non-hydrogen) atoms. The molecule has 0 radical (unpaired) electrons. The predicted octanol–water partition coefficient (Wildman–Crippen LogP) is 5.10. The van der Waals surface area contributed by atoms with E-state index in [-0.39, 0.29) is 17.9 Å². The van der Waals surface area contributed by atoms with Crippen LogP contribution in [-0.2, 0) is 21.9 Å². The number of nitrogens with one attached hydrogen (secondary N) is 1. The molecule has 0 bridgehead atoms. The summed E-state index contributed by atoms with van der Waals surface area (Å²) < 4.78 is 5.36. The Balaban J connectivity index is 1.73. The first-order chi connectivity index (χ1) is 16.0. The number of rotatable bonds is 11. The van der Waals surface area contributed by atoms with Crippen LogP contribution in [0.5, 0.6) is 5.75 Å². The maximum Gasteiger partial charge on any atom is 0.243 e. The van der Waals surface area contributed by atoms with Crippen LogP contribution in [0.4, 0.5) is 0 Å². The lowest BCUT2D eigenvalue weighted by atomic mass is 10.1. The van der Waals surface area contributed by atoms with Crippen molar-refractivity contribution < 1.29 is 14.3 Å². The predicted molar refractivity (Wildman–Crippen MR) is 135 cm³/mol. The zero-order valence-electron chi connectivity index (χ0n) is 20.0. The molecule has 0 unspecified atom stereocenters. The number of hydrogen-bond acceptors (Lipinski definition) is 4. The second-order valence-electron chi connectivity index (χ2n) is 8.71. The van der Waals surface area contributed by atoms with Gasteiger partial charge in [0, 0.05) is 18.3 Å². The zero-order chi connectivity index (χ0) is 23.6. The van der Waals surface area contributed by atoms with Crippen LogP contribution in [0, 0.1) is 6.92 Å². The SMILES string of the molecule is CC[C@@H](C(=O)NC1CCCC1)N(Cc1cccc(OC)c1)C(=O)CSCc1ccccc1C. The second kappa shape index (κ2) is 12.7. The normalized spacial score (nSPS) is 14.6. The standard InChI is InChI=1S/C27H36N2O3S/c1-4-25(27(31)28-23-13-7-8-14-23)29(17-21-11-9-15-24(16-21)32-3)26(30)19-33-18-22-12-6-5-10-20(22)2/h5-6,9-12,15-16,23,25H,4,7-8,13-14,17-19H2,1-3H3,(H,28,31)/t25-/m0/s1. The van der Waals surface area contributed by atoms with E-state index in [2.05, 4.69) is 24.4 Å². The number of nitrogens with zero attached hydrogens (tertiary/aromatic N) is 1. The van der Waals surface area contributed by atoms with Gasteiger partial charge in [0.05, 0.1) is 12.9 Å². The minimum Gasteiger partial charge on any atom is -0.497 e. The Hall–Kier alpha value is -2.47. The molecule has 178 valence electrons. The van der Waals surface area contributed by atoms with E-state index in [1.807, 2.05) is 43.3 Å². The van der Waals surface area contributed by atoms with Gasteiger partial charge in [0.1, 0.15) is 11.8 Å². The van der Waals surface area contributed by atoms with Crippen molar-refractivity contribution in [3.8, 4) is 5.75 Å². The van der Waals surface area contributed by atoms with Crippen LogP contribution in [0.1, 0.15) is 55.7 Å². The summed E-state index contributed by atoms with van der Waals surface area (Å²) in [5, 5.41) is 3.20. The Bertz CT molecular complexity index is 927. The molecule has 1 aliphatic rings. The van der Waals surface area contributed by atoms with Gasteiger partial charge in [0.25, 0.3) is 0 Å². The third-order valence-corrected chi connectivity index (χ3v) is 7.29. The molecule has 1 atom stereocenters. The summed E-state index contributed by atoms with van der Waals surface area (Å²) in [4.78, 5) is 28.4. The highest BCUT2D eigenvalue weighted by molar-refractivity contribution is 7.99. The Kier molecular flexibility index (Phi) is 9.67. The number of hydrogen-bond donors (Lipinski definition) is 1. The van der Waals surface area contributed by atoms with E-state index < -0.39 is 6.04 Å². The molecule has 0 aromatic heterocycles. The Morgan fingerprint density at radius 1 is 1.15 bits per heavy atom. The van der Waals surface area contributed by atoms with Crippen molar-refractivity contribution >= 4 is 23.6 Å². The fraction of sp³-hybridized carbons (Fsp3) is 0.481. The number of methoxy groups -OCH3 is 1. The van der Waals surface area contributed by atoms with Crippen molar-refractivity contribution in [3.63, 3.8) is 0 Å². The van der Waals surface area contributed by atoms with E-state index in [0.29, 0.717) is 18.7 Å². The third-order valence-electron chi connectivity index (χ3n) is 6.32. The Morgan fingerprint density at radius 3 is 2.61 bits per heavy atom. The molecular formula is C27H36N2O3S. The molecule has 1 aliphatic carbocycles. The second-order valence-corrected chi connectivity index (χ2v) is 9.69. The van der Waals surface area contributed by atoms with Crippen LogP contribution in [0.15, 0.2) is 48.5 Å². The number of thioether (sulfide) groups is 1. The number of carbonyl (C=O) groups is 2. The molecule has 2 aromatic rings. The largest absolute Gasteiger partial charge is 0.497 e. The minimum absolute atomic E-state index is 0.00942. The van der Waals surface area contributed by atoms with E-state index in [4.69, 9.17) is 4.74 Å². The molecule has 1 fully saturated rings. The Labute approximate surface area is 202 Å². The van der Waals surface area contributed by atoms with Gasteiger partial charge in [0.2, 0.25) is 11.8 Å². The summed E-state index contributed by atoms with van der Waals surface area (Å²) in [6.45, 7) is 4.45. The highest BCUT2D eigenvalue weighted by Crippen LogP contribution is 2.22. The summed E-state index contributed by atoms with van der Waals surface area (Å²) >= 11 is 1.60. The quantitative estimate of drug-likeness (QED) is 0.498. The fourth-order valence-corrected chi connectivity index (χ4v) is 5.34.